The monoisotopic (exact) mass is 411 g/mol. The Morgan fingerprint density at radius 2 is 0.963 bits per heavy atom. The van der Waals surface area contributed by atoms with Crippen LogP contribution in [0.1, 0.15) is 22.3 Å². The van der Waals surface area contributed by atoms with Crippen molar-refractivity contribution in [2.24, 2.45) is 0 Å². The van der Waals surface area contributed by atoms with Crippen molar-refractivity contribution in [3.63, 3.8) is 0 Å². The molecule has 0 aliphatic heterocycles. The van der Waals surface area contributed by atoms with Gasteiger partial charge in [0.2, 0.25) is 0 Å². The molecule has 3 aromatic rings. The Morgan fingerprint density at radius 1 is 0.630 bits per heavy atom. The predicted molar refractivity (Wildman–Crippen MR) is 123 cm³/mol. The van der Waals surface area contributed by atoms with E-state index in [9.17, 15) is 0 Å². The largest absolute Gasteiger partial charge is 0.347 e. The summed E-state index contributed by atoms with van der Waals surface area (Å²) in [6.07, 6.45) is 0. The molecule has 0 atom stereocenters. The Hall–Kier alpha value is -1.54. The maximum atomic E-state index is 6.29. The molecule has 0 fully saturated rings. The van der Waals surface area contributed by atoms with Gasteiger partial charge in [-0.1, -0.05) is 41.4 Å². The van der Waals surface area contributed by atoms with E-state index >= 15 is 0 Å². The molecule has 0 amide bonds. The fourth-order valence-electron chi connectivity index (χ4n) is 4.18. The second-order valence-electron chi connectivity index (χ2n) is 7.56. The molecule has 0 bridgehead atoms. The van der Waals surface area contributed by atoms with Crippen LogP contribution in [0, 0.1) is 27.7 Å². The first-order valence-corrected chi connectivity index (χ1v) is 12.4. The zero-order valence-corrected chi connectivity index (χ0v) is 19.3. The topological polar surface area (TPSA) is 0 Å². The molecule has 3 rings (SSSR count). The van der Waals surface area contributed by atoms with Gasteiger partial charge in [0.1, 0.15) is 5.19 Å². The third-order valence-corrected chi connectivity index (χ3v) is 7.07. The SMILES string of the molecule is Cc1cc(Cl)cc(C)c1-c1cccc(-c2c(C)cc(Cl)cc2C)c1[Si+](C)C. The highest BCUT2D eigenvalue weighted by atomic mass is 35.5. The van der Waals surface area contributed by atoms with E-state index in [4.69, 9.17) is 23.2 Å². The van der Waals surface area contributed by atoms with Crippen LogP contribution in [0.4, 0.5) is 0 Å². The third-order valence-electron chi connectivity index (χ3n) is 5.10. The van der Waals surface area contributed by atoms with E-state index in [1.807, 2.05) is 0 Å². The molecule has 0 nitrogen and oxygen atoms in total. The van der Waals surface area contributed by atoms with Crippen molar-refractivity contribution in [2.75, 3.05) is 0 Å². The number of rotatable bonds is 3. The maximum absolute atomic E-state index is 6.29. The lowest BCUT2D eigenvalue weighted by Gasteiger charge is -2.18. The number of aryl methyl sites for hydroxylation is 4. The first-order valence-electron chi connectivity index (χ1n) is 9.18. The molecule has 0 saturated heterocycles. The van der Waals surface area contributed by atoms with Gasteiger partial charge >= 0.3 is 8.80 Å². The number of halogens is 2. The van der Waals surface area contributed by atoms with Gasteiger partial charge in [-0.2, -0.15) is 0 Å². The molecule has 3 aromatic carbocycles. The van der Waals surface area contributed by atoms with Crippen molar-refractivity contribution in [3.05, 3.63) is 74.8 Å². The van der Waals surface area contributed by atoms with Gasteiger partial charge in [0.15, 0.2) is 0 Å². The van der Waals surface area contributed by atoms with E-state index < -0.39 is 8.80 Å². The number of hydrogen-bond donors (Lipinski definition) is 0. The van der Waals surface area contributed by atoms with E-state index in [2.05, 4.69) is 83.3 Å². The molecule has 0 spiro atoms. The standard InChI is InChI=1S/C24H25Cl2Si/c1-14-10-18(25)11-15(2)22(14)20-8-7-9-21(24(20)27(5)6)23-16(3)12-19(26)13-17(23)4/h7-13H,1-6H3/q+1. The molecule has 138 valence electrons. The Labute approximate surface area is 174 Å². The summed E-state index contributed by atoms with van der Waals surface area (Å²) in [4.78, 5) is 0. The zero-order valence-electron chi connectivity index (χ0n) is 16.8. The molecule has 27 heavy (non-hydrogen) atoms. The van der Waals surface area contributed by atoms with Gasteiger partial charge in [0, 0.05) is 21.2 Å². The first-order chi connectivity index (χ1) is 12.7. The lowest BCUT2D eigenvalue weighted by molar-refractivity contribution is 1.37. The highest BCUT2D eigenvalue weighted by Crippen LogP contribution is 2.34. The van der Waals surface area contributed by atoms with Gasteiger partial charge in [0.05, 0.1) is 13.1 Å². The van der Waals surface area contributed by atoms with E-state index in [1.165, 1.54) is 49.7 Å². The average molecular weight is 412 g/mol. The van der Waals surface area contributed by atoms with Gasteiger partial charge in [-0.25, -0.2) is 0 Å². The Balaban J connectivity index is 2.37. The number of hydrogen-bond acceptors (Lipinski definition) is 0. The van der Waals surface area contributed by atoms with Gasteiger partial charge in [0.25, 0.3) is 0 Å². The normalized spacial score (nSPS) is 11.0. The van der Waals surface area contributed by atoms with Gasteiger partial charge in [-0.3, -0.25) is 0 Å². The summed E-state index contributed by atoms with van der Waals surface area (Å²) in [5, 5.41) is 3.08. The molecule has 0 N–H and O–H groups in total. The van der Waals surface area contributed by atoms with E-state index in [0.717, 1.165) is 10.0 Å². The maximum Gasteiger partial charge on any atom is 0.347 e. The fourth-order valence-corrected chi connectivity index (χ4v) is 6.33. The second kappa shape index (κ2) is 7.83. The van der Waals surface area contributed by atoms with Crippen LogP contribution in [0.5, 0.6) is 0 Å². The minimum atomic E-state index is -0.718. The molecule has 3 heteroatoms. The first kappa shape index (κ1) is 20.2. The Bertz CT molecular complexity index is 897. The summed E-state index contributed by atoms with van der Waals surface area (Å²) in [6, 6.07) is 15.0. The summed E-state index contributed by atoms with van der Waals surface area (Å²) < 4.78 is 0. The van der Waals surface area contributed by atoms with E-state index in [1.54, 1.807) is 0 Å². The zero-order chi connectivity index (χ0) is 19.9. The predicted octanol–water partition coefficient (Wildman–Crippen LogP) is 7.52. The highest BCUT2D eigenvalue weighted by molar-refractivity contribution is 6.73. The van der Waals surface area contributed by atoms with Crippen LogP contribution in [0.15, 0.2) is 42.5 Å². The molecule has 0 heterocycles. The Morgan fingerprint density at radius 3 is 1.26 bits per heavy atom. The summed E-state index contributed by atoms with van der Waals surface area (Å²) in [5.74, 6) is 0. The summed E-state index contributed by atoms with van der Waals surface area (Å²) in [7, 11) is -0.718. The van der Waals surface area contributed by atoms with Crippen LogP contribution >= 0.6 is 23.2 Å². The van der Waals surface area contributed by atoms with Crippen molar-refractivity contribution < 1.29 is 0 Å². The summed E-state index contributed by atoms with van der Waals surface area (Å²) in [6.45, 7) is 13.4. The third kappa shape index (κ3) is 3.87. The molecular weight excluding hydrogens is 387 g/mol. The highest BCUT2D eigenvalue weighted by Gasteiger charge is 2.28. The lowest BCUT2D eigenvalue weighted by atomic mass is 9.90. The Kier molecular flexibility index (Phi) is 5.86. The molecule has 0 aliphatic rings. The molecule has 0 radical (unpaired) electrons. The van der Waals surface area contributed by atoms with Crippen molar-refractivity contribution in [2.45, 2.75) is 40.8 Å². The van der Waals surface area contributed by atoms with E-state index in [-0.39, 0.29) is 0 Å². The summed E-state index contributed by atoms with van der Waals surface area (Å²) in [5.41, 5.74) is 10.2. The van der Waals surface area contributed by atoms with Crippen molar-refractivity contribution in [1.29, 1.82) is 0 Å². The fraction of sp³-hybridized carbons (Fsp3) is 0.250. The molecular formula is C24H25Cl2Si+. The molecule has 0 saturated carbocycles. The molecule has 0 unspecified atom stereocenters. The summed E-state index contributed by atoms with van der Waals surface area (Å²) >= 11 is 12.6. The van der Waals surface area contributed by atoms with Crippen molar-refractivity contribution in [1.82, 2.24) is 0 Å². The smallest absolute Gasteiger partial charge is 0.0843 e. The van der Waals surface area contributed by atoms with Crippen molar-refractivity contribution in [3.8, 4) is 22.3 Å². The van der Waals surface area contributed by atoms with Crippen LogP contribution in [0.3, 0.4) is 0 Å². The quantitative estimate of drug-likeness (QED) is 0.390. The van der Waals surface area contributed by atoms with E-state index in [0.29, 0.717) is 0 Å². The minimum Gasteiger partial charge on any atom is -0.0843 e. The van der Waals surface area contributed by atoms with Gasteiger partial charge < -0.3 is 0 Å². The lowest BCUT2D eigenvalue weighted by Crippen LogP contribution is -2.28. The van der Waals surface area contributed by atoms with Gasteiger partial charge in [-0.15, -0.1) is 0 Å². The van der Waals surface area contributed by atoms with Crippen LogP contribution in [-0.4, -0.2) is 8.80 Å². The van der Waals surface area contributed by atoms with Crippen LogP contribution in [-0.2, 0) is 0 Å². The second-order valence-corrected chi connectivity index (χ2v) is 10.9. The van der Waals surface area contributed by atoms with Gasteiger partial charge in [-0.05, 0) is 85.3 Å². The molecule has 0 aliphatic carbocycles. The van der Waals surface area contributed by atoms with Crippen LogP contribution in [0.25, 0.3) is 22.3 Å². The average Bonchev–Trinajstić information content (AvgIpc) is 2.52. The molecule has 0 aromatic heterocycles. The number of benzene rings is 3. The van der Waals surface area contributed by atoms with Crippen LogP contribution < -0.4 is 5.19 Å². The minimum absolute atomic E-state index is 0.718. The van der Waals surface area contributed by atoms with Crippen LogP contribution in [0.2, 0.25) is 23.1 Å². The van der Waals surface area contributed by atoms with Crippen molar-refractivity contribution >= 4 is 37.2 Å².